The molecule has 1 aromatic rings. The summed E-state index contributed by atoms with van der Waals surface area (Å²) in [5.74, 6) is 0.595. The van der Waals surface area contributed by atoms with Gasteiger partial charge >= 0.3 is 0 Å². The maximum Gasteiger partial charge on any atom is 0.243 e. The number of hydrogen-bond acceptors (Lipinski definition) is 3. The molecule has 1 fully saturated rings. The first-order valence-electron chi connectivity index (χ1n) is 7.88. The third kappa shape index (κ3) is 4.44. The molecule has 1 N–H and O–H groups in total. The maximum atomic E-state index is 12.8. The van der Waals surface area contributed by atoms with Crippen LogP contribution in [0.4, 0.5) is 0 Å². The number of halogens is 1. The van der Waals surface area contributed by atoms with E-state index in [1.165, 1.54) is 0 Å². The van der Waals surface area contributed by atoms with Crippen molar-refractivity contribution in [3.8, 4) is 0 Å². The fourth-order valence-corrected chi connectivity index (χ4v) is 4.65. The smallest absolute Gasteiger partial charge is 0.243 e. The quantitative estimate of drug-likeness (QED) is 0.861. The first-order valence-corrected chi connectivity index (χ1v) is 9.32. The lowest BCUT2D eigenvalue weighted by atomic mass is 9.98. The third-order valence-electron chi connectivity index (χ3n) is 4.23. The van der Waals surface area contributed by atoms with Gasteiger partial charge in [-0.15, -0.1) is 12.4 Å². The van der Waals surface area contributed by atoms with Crippen LogP contribution < -0.4 is 5.32 Å². The van der Waals surface area contributed by atoms with Gasteiger partial charge in [-0.1, -0.05) is 32.0 Å². The lowest BCUT2D eigenvalue weighted by Crippen LogP contribution is -2.41. The van der Waals surface area contributed by atoms with Gasteiger partial charge in [0.05, 0.1) is 4.90 Å². The second-order valence-corrected chi connectivity index (χ2v) is 7.52. The summed E-state index contributed by atoms with van der Waals surface area (Å²) in [5.41, 5.74) is 0.910. The molecule has 2 rings (SSSR count). The van der Waals surface area contributed by atoms with E-state index < -0.39 is 10.0 Å². The van der Waals surface area contributed by atoms with E-state index in [0.717, 1.165) is 37.9 Å². The van der Waals surface area contributed by atoms with Crippen LogP contribution in [0.5, 0.6) is 0 Å². The third-order valence-corrected chi connectivity index (χ3v) is 6.23. The predicted molar refractivity (Wildman–Crippen MR) is 93.1 cm³/mol. The minimum absolute atomic E-state index is 0. The first kappa shape index (κ1) is 19.4. The number of aryl methyl sites for hydroxylation is 1. The average molecular weight is 347 g/mol. The number of nitrogens with one attached hydrogen (secondary N) is 1. The fraction of sp³-hybridized carbons (Fsp3) is 0.625. The second-order valence-electron chi connectivity index (χ2n) is 5.62. The van der Waals surface area contributed by atoms with Gasteiger partial charge in [-0.05, 0) is 49.9 Å². The molecular weight excluding hydrogens is 320 g/mol. The monoisotopic (exact) mass is 346 g/mol. The average Bonchev–Trinajstić information content (AvgIpc) is 2.53. The summed E-state index contributed by atoms with van der Waals surface area (Å²) < 4.78 is 27.3. The van der Waals surface area contributed by atoms with Crippen LogP contribution in [0, 0.1) is 5.92 Å². The van der Waals surface area contributed by atoms with Gasteiger partial charge in [-0.3, -0.25) is 0 Å². The molecule has 0 aliphatic carbocycles. The second kappa shape index (κ2) is 8.87. The normalized spacial score (nSPS) is 17.2. The minimum atomic E-state index is -3.34. The maximum absolute atomic E-state index is 12.8. The van der Waals surface area contributed by atoms with Gasteiger partial charge in [0.1, 0.15) is 0 Å². The number of rotatable bonds is 6. The largest absolute Gasteiger partial charge is 0.317 e. The number of nitrogens with zero attached hydrogens (tertiary/aromatic N) is 1. The van der Waals surface area contributed by atoms with Crippen LogP contribution in [0.2, 0.25) is 0 Å². The molecule has 0 spiro atoms. The lowest BCUT2D eigenvalue weighted by molar-refractivity contribution is 0.268. The first-order chi connectivity index (χ1) is 10.1. The summed E-state index contributed by atoms with van der Waals surface area (Å²) in [4.78, 5) is 0.484. The van der Waals surface area contributed by atoms with Crippen LogP contribution in [0.15, 0.2) is 29.2 Å². The van der Waals surface area contributed by atoms with Crippen LogP contribution in [-0.2, 0) is 16.4 Å². The van der Waals surface area contributed by atoms with E-state index in [1.807, 2.05) is 25.1 Å². The van der Waals surface area contributed by atoms with Crippen LogP contribution in [0.25, 0.3) is 0 Å². The Hall–Kier alpha value is -0.620. The summed E-state index contributed by atoms with van der Waals surface area (Å²) >= 11 is 0. The Morgan fingerprint density at radius 2 is 1.82 bits per heavy atom. The van der Waals surface area contributed by atoms with E-state index in [0.29, 0.717) is 23.9 Å². The molecule has 0 radical (unpaired) electrons. The zero-order valence-corrected chi connectivity index (χ0v) is 15.0. The molecule has 0 amide bonds. The Kier molecular flexibility index (Phi) is 7.83. The minimum Gasteiger partial charge on any atom is -0.317 e. The highest BCUT2D eigenvalue weighted by Crippen LogP contribution is 2.25. The topological polar surface area (TPSA) is 49.4 Å². The number of hydrogen-bond donors (Lipinski definition) is 1. The van der Waals surface area contributed by atoms with Crippen molar-refractivity contribution < 1.29 is 8.42 Å². The summed E-state index contributed by atoms with van der Waals surface area (Å²) in [7, 11) is -3.34. The molecule has 0 aromatic heterocycles. The highest BCUT2D eigenvalue weighted by molar-refractivity contribution is 7.89. The highest BCUT2D eigenvalue weighted by Gasteiger charge is 2.30. The molecule has 1 aromatic carbocycles. The van der Waals surface area contributed by atoms with Crippen molar-refractivity contribution in [2.24, 2.45) is 5.92 Å². The van der Waals surface area contributed by atoms with Crippen LogP contribution in [-0.4, -0.2) is 38.9 Å². The molecule has 6 heteroatoms. The zero-order valence-electron chi connectivity index (χ0n) is 13.4. The number of benzene rings is 1. The van der Waals surface area contributed by atoms with E-state index >= 15 is 0 Å². The van der Waals surface area contributed by atoms with Crippen molar-refractivity contribution in [1.29, 1.82) is 0 Å². The molecule has 126 valence electrons. The molecule has 1 heterocycles. The molecule has 4 nitrogen and oxygen atoms in total. The molecule has 0 atom stereocenters. The Morgan fingerprint density at radius 1 is 1.18 bits per heavy atom. The molecule has 1 aliphatic heterocycles. The van der Waals surface area contributed by atoms with Gasteiger partial charge in [0.25, 0.3) is 0 Å². The SMILES string of the molecule is CCNCC1CCN(S(=O)(=O)c2ccccc2CC)CC1.Cl. The van der Waals surface area contributed by atoms with Crippen molar-refractivity contribution in [3.05, 3.63) is 29.8 Å². The molecule has 1 saturated heterocycles. The van der Waals surface area contributed by atoms with Gasteiger partial charge < -0.3 is 5.32 Å². The van der Waals surface area contributed by atoms with Crippen LogP contribution in [0.3, 0.4) is 0 Å². The van der Waals surface area contributed by atoms with Crippen LogP contribution >= 0.6 is 12.4 Å². The number of piperidine rings is 1. The standard InChI is InChI=1S/C16H26N2O2S.ClH/c1-3-15-7-5-6-8-16(15)21(19,20)18-11-9-14(10-12-18)13-17-4-2;/h5-8,14,17H,3-4,9-13H2,1-2H3;1H. The summed E-state index contributed by atoms with van der Waals surface area (Å²) in [5, 5.41) is 3.35. The Labute approximate surface area is 140 Å². The summed E-state index contributed by atoms with van der Waals surface area (Å²) in [6, 6.07) is 7.36. The van der Waals surface area contributed by atoms with Crippen molar-refractivity contribution in [1.82, 2.24) is 9.62 Å². The Balaban J connectivity index is 0.00000242. The van der Waals surface area contributed by atoms with Crippen molar-refractivity contribution in [2.45, 2.75) is 38.0 Å². The van der Waals surface area contributed by atoms with E-state index in [9.17, 15) is 8.42 Å². The van der Waals surface area contributed by atoms with Crippen molar-refractivity contribution >= 4 is 22.4 Å². The van der Waals surface area contributed by atoms with E-state index in [2.05, 4.69) is 12.2 Å². The van der Waals surface area contributed by atoms with E-state index in [-0.39, 0.29) is 12.4 Å². The fourth-order valence-electron chi connectivity index (χ4n) is 2.89. The molecule has 1 aliphatic rings. The van der Waals surface area contributed by atoms with Crippen molar-refractivity contribution in [2.75, 3.05) is 26.2 Å². The molecule has 0 bridgehead atoms. The summed E-state index contributed by atoms with van der Waals surface area (Å²) in [6.07, 6.45) is 2.63. The molecular formula is C16H27ClN2O2S. The predicted octanol–water partition coefficient (Wildman–Crippen LogP) is 2.68. The van der Waals surface area contributed by atoms with Crippen molar-refractivity contribution in [3.63, 3.8) is 0 Å². The lowest BCUT2D eigenvalue weighted by Gasteiger charge is -2.31. The van der Waals surface area contributed by atoms with E-state index in [1.54, 1.807) is 10.4 Å². The Morgan fingerprint density at radius 3 is 2.41 bits per heavy atom. The van der Waals surface area contributed by atoms with Gasteiger partial charge in [0, 0.05) is 13.1 Å². The van der Waals surface area contributed by atoms with Gasteiger partial charge in [-0.25, -0.2) is 8.42 Å². The van der Waals surface area contributed by atoms with Gasteiger partial charge in [0.15, 0.2) is 0 Å². The molecule has 0 unspecified atom stereocenters. The highest BCUT2D eigenvalue weighted by atomic mass is 35.5. The van der Waals surface area contributed by atoms with Crippen LogP contribution in [0.1, 0.15) is 32.3 Å². The van der Waals surface area contributed by atoms with Gasteiger partial charge in [0.2, 0.25) is 10.0 Å². The molecule has 0 saturated carbocycles. The number of sulfonamides is 1. The van der Waals surface area contributed by atoms with E-state index in [4.69, 9.17) is 0 Å². The molecule has 22 heavy (non-hydrogen) atoms. The Bertz CT molecular complexity index is 555. The van der Waals surface area contributed by atoms with Gasteiger partial charge in [-0.2, -0.15) is 4.31 Å². The zero-order chi connectivity index (χ0) is 15.3. The summed E-state index contributed by atoms with van der Waals surface area (Å²) in [6.45, 7) is 7.34.